The first kappa shape index (κ1) is 11.7. The molecule has 0 fully saturated rings. The summed E-state index contributed by atoms with van der Waals surface area (Å²) in [6.07, 6.45) is 1.86. The second-order valence-corrected chi connectivity index (χ2v) is 4.73. The minimum Gasteiger partial charge on any atom is -0.260 e. The Bertz CT molecular complexity index is 668. The largest absolute Gasteiger partial charge is 0.260 e. The summed E-state index contributed by atoms with van der Waals surface area (Å²) in [7, 11) is 0. The predicted molar refractivity (Wildman–Crippen MR) is 77.9 cm³/mol. The quantitative estimate of drug-likeness (QED) is 0.687. The molecule has 0 aliphatic heterocycles. The summed E-state index contributed by atoms with van der Waals surface area (Å²) in [5, 5.41) is 4.43. The molecule has 0 aliphatic carbocycles. The van der Waals surface area contributed by atoms with E-state index in [0.29, 0.717) is 0 Å². The molecule has 0 saturated heterocycles. The molecule has 0 bridgehead atoms. The summed E-state index contributed by atoms with van der Waals surface area (Å²) in [5.41, 5.74) is 4.92. The van der Waals surface area contributed by atoms with Gasteiger partial charge in [-0.15, -0.1) is 0 Å². The topological polar surface area (TPSA) is 17.8 Å². The Hall–Kier alpha value is -2.35. The maximum atomic E-state index is 4.43. The smallest absolute Gasteiger partial charge is 0.0686 e. The monoisotopic (exact) mass is 248 g/mol. The first-order valence-corrected chi connectivity index (χ1v) is 6.46. The van der Waals surface area contributed by atoms with Gasteiger partial charge < -0.3 is 0 Å². The molecule has 0 saturated carbocycles. The lowest BCUT2D eigenvalue weighted by molar-refractivity contribution is 0.694. The molecule has 2 aromatic carbocycles. The molecule has 0 spiro atoms. The zero-order valence-corrected chi connectivity index (χ0v) is 11.0. The fraction of sp³-hybridized carbons (Fsp3) is 0.118. The standard InChI is InChI=1S/C17H16N2/c1-14-6-5-7-15(12-14)13-19-17(10-11-18-19)16-8-3-2-4-9-16/h2-12H,13H2,1H3. The molecular formula is C17H16N2. The number of hydrogen-bond donors (Lipinski definition) is 0. The molecule has 1 heterocycles. The zero-order valence-electron chi connectivity index (χ0n) is 11.0. The maximum absolute atomic E-state index is 4.43. The van der Waals surface area contributed by atoms with Crippen molar-refractivity contribution in [1.82, 2.24) is 9.78 Å². The Kier molecular flexibility index (Phi) is 3.15. The fourth-order valence-corrected chi connectivity index (χ4v) is 2.30. The highest BCUT2D eigenvalue weighted by atomic mass is 15.3. The van der Waals surface area contributed by atoms with Gasteiger partial charge in [0, 0.05) is 6.20 Å². The average molecular weight is 248 g/mol. The molecule has 3 aromatic rings. The highest BCUT2D eigenvalue weighted by Gasteiger charge is 2.05. The minimum absolute atomic E-state index is 0.804. The Morgan fingerprint density at radius 1 is 0.947 bits per heavy atom. The van der Waals surface area contributed by atoms with Gasteiger partial charge in [0.15, 0.2) is 0 Å². The summed E-state index contributed by atoms with van der Waals surface area (Å²) in [6, 6.07) is 21.0. The summed E-state index contributed by atoms with van der Waals surface area (Å²) in [5.74, 6) is 0. The van der Waals surface area contributed by atoms with Gasteiger partial charge in [-0.3, -0.25) is 4.68 Å². The highest BCUT2D eigenvalue weighted by molar-refractivity contribution is 5.59. The second kappa shape index (κ2) is 5.11. The summed E-state index contributed by atoms with van der Waals surface area (Å²) in [6.45, 7) is 2.92. The van der Waals surface area contributed by atoms with E-state index in [4.69, 9.17) is 0 Å². The lowest BCUT2D eigenvalue weighted by Crippen LogP contribution is -2.03. The van der Waals surface area contributed by atoms with Crippen LogP contribution in [0.1, 0.15) is 11.1 Å². The molecule has 3 rings (SSSR count). The second-order valence-electron chi connectivity index (χ2n) is 4.73. The zero-order chi connectivity index (χ0) is 13.1. The van der Waals surface area contributed by atoms with Gasteiger partial charge >= 0.3 is 0 Å². The van der Waals surface area contributed by atoms with Crippen molar-refractivity contribution >= 4 is 0 Å². The number of aryl methyl sites for hydroxylation is 1. The van der Waals surface area contributed by atoms with Crippen LogP contribution in [-0.4, -0.2) is 9.78 Å². The van der Waals surface area contributed by atoms with E-state index in [1.54, 1.807) is 0 Å². The molecule has 2 nitrogen and oxygen atoms in total. The molecule has 19 heavy (non-hydrogen) atoms. The molecule has 1 aromatic heterocycles. The van der Waals surface area contributed by atoms with Gasteiger partial charge in [0.1, 0.15) is 0 Å². The van der Waals surface area contributed by atoms with Crippen molar-refractivity contribution in [1.29, 1.82) is 0 Å². The van der Waals surface area contributed by atoms with Gasteiger partial charge in [0.05, 0.1) is 12.2 Å². The predicted octanol–water partition coefficient (Wildman–Crippen LogP) is 3.91. The van der Waals surface area contributed by atoms with Gasteiger partial charge in [-0.2, -0.15) is 5.10 Å². The maximum Gasteiger partial charge on any atom is 0.0686 e. The lowest BCUT2D eigenvalue weighted by atomic mass is 10.1. The van der Waals surface area contributed by atoms with Gasteiger partial charge in [0.2, 0.25) is 0 Å². The van der Waals surface area contributed by atoms with Gasteiger partial charge in [0.25, 0.3) is 0 Å². The van der Waals surface area contributed by atoms with E-state index >= 15 is 0 Å². The Morgan fingerprint density at radius 3 is 2.58 bits per heavy atom. The van der Waals surface area contributed by atoms with Crippen LogP contribution < -0.4 is 0 Å². The van der Waals surface area contributed by atoms with Crippen LogP contribution in [0.3, 0.4) is 0 Å². The molecule has 0 radical (unpaired) electrons. The summed E-state index contributed by atoms with van der Waals surface area (Å²) < 4.78 is 2.05. The van der Waals surface area contributed by atoms with Crippen LogP contribution in [0.25, 0.3) is 11.3 Å². The van der Waals surface area contributed by atoms with Crippen LogP contribution in [0.5, 0.6) is 0 Å². The number of aromatic nitrogens is 2. The Labute approximate surface area is 113 Å². The molecule has 0 aliphatic rings. The molecule has 0 N–H and O–H groups in total. The minimum atomic E-state index is 0.804. The van der Waals surface area contributed by atoms with E-state index in [9.17, 15) is 0 Å². The number of nitrogens with zero attached hydrogens (tertiary/aromatic N) is 2. The van der Waals surface area contributed by atoms with Crippen LogP contribution in [0.4, 0.5) is 0 Å². The first-order chi connectivity index (χ1) is 9.33. The van der Waals surface area contributed by atoms with E-state index in [-0.39, 0.29) is 0 Å². The van der Waals surface area contributed by atoms with Crippen LogP contribution in [0, 0.1) is 6.92 Å². The van der Waals surface area contributed by atoms with Crippen LogP contribution in [0.2, 0.25) is 0 Å². The summed E-state index contributed by atoms with van der Waals surface area (Å²) >= 11 is 0. The van der Waals surface area contributed by atoms with Gasteiger partial charge in [-0.05, 0) is 24.1 Å². The third-order valence-corrected chi connectivity index (χ3v) is 3.20. The lowest BCUT2D eigenvalue weighted by Gasteiger charge is -2.08. The van der Waals surface area contributed by atoms with Crippen molar-refractivity contribution in [3.8, 4) is 11.3 Å². The average Bonchev–Trinajstić information content (AvgIpc) is 2.88. The Balaban J connectivity index is 1.93. The van der Waals surface area contributed by atoms with Crippen molar-refractivity contribution in [3.05, 3.63) is 78.0 Å². The van der Waals surface area contributed by atoms with Crippen molar-refractivity contribution in [2.45, 2.75) is 13.5 Å². The van der Waals surface area contributed by atoms with Crippen molar-refractivity contribution < 1.29 is 0 Å². The molecule has 0 amide bonds. The van der Waals surface area contributed by atoms with Crippen LogP contribution in [-0.2, 0) is 6.54 Å². The third kappa shape index (κ3) is 2.58. The first-order valence-electron chi connectivity index (χ1n) is 6.46. The molecule has 2 heteroatoms. The van der Waals surface area contributed by atoms with Crippen LogP contribution >= 0.6 is 0 Å². The van der Waals surface area contributed by atoms with Crippen molar-refractivity contribution in [2.24, 2.45) is 0 Å². The van der Waals surface area contributed by atoms with E-state index in [0.717, 1.165) is 12.2 Å². The van der Waals surface area contributed by atoms with E-state index in [1.165, 1.54) is 16.7 Å². The van der Waals surface area contributed by atoms with E-state index in [2.05, 4.69) is 66.6 Å². The normalized spacial score (nSPS) is 10.6. The third-order valence-electron chi connectivity index (χ3n) is 3.20. The number of hydrogen-bond acceptors (Lipinski definition) is 1. The van der Waals surface area contributed by atoms with Gasteiger partial charge in [-0.1, -0.05) is 60.2 Å². The molecular weight excluding hydrogens is 232 g/mol. The van der Waals surface area contributed by atoms with Crippen LogP contribution in [0.15, 0.2) is 66.9 Å². The SMILES string of the molecule is Cc1cccc(Cn2nccc2-c2ccccc2)c1. The van der Waals surface area contributed by atoms with Gasteiger partial charge in [-0.25, -0.2) is 0 Å². The highest BCUT2D eigenvalue weighted by Crippen LogP contribution is 2.19. The molecule has 94 valence electrons. The van der Waals surface area contributed by atoms with E-state index < -0.39 is 0 Å². The number of rotatable bonds is 3. The Morgan fingerprint density at radius 2 is 1.79 bits per heavy atom. The van der Waals surface area contributed by atoms with E-state index in [1.807, 2.05) is 16.9 Å². The number of benzene rings is 2. The molecule has 0 atom stereocenters. The summed E-state index contributed by atoms with van der Waals surface area (Å²) in [4.78, 5) is 0. The van der Waals surface area contributed by atoms with Crippen molar-refractivity contribution in [2.75, 3.05) is 0 Å². The molecule has 0 unspecified atom stereocenters. The fourth-order valence-electron chi connectivity index (χ4n) is 2.30. The van der Waals surface area contributed by atoms with Crippen molar-refractivity contribution in [3.63, 3.8) is 0 Å².